The molecular formula is C25H23FN2O3. The SMILES string of the molecule is Cc1ccc2c(c1)[C@@H](c1ccc(F)cc1)N(C(=O)[C@H](C)Oc1ccccc1)CC(=O)N2. The molecule has 2 amide bonds. The molecule has 31 heavy (non-hydrogen) atoms. The van der Waals surface area contributed by atoms with Crippen molar-refractivity contribution in [3.8, 4) is 5.75 Å². The van der Waals surface area contributed by atoms with Crippen molar-refractivity contribution in [2.75, 3.05) is 11.9 Å². The summed E-state index contributed by atoms with van der Waals surface area (Å²) in [6.45, 7) is 3.47. The Kier molecular flexibility index (Phi) is 5.71. The van der Waals surface area contributed by atoms with E-state index in [-0.39, 0.29) is 24.2 Å². The lowest BCUT2D eigenvalue weighted by molar-refractivity contribution is -0.142. The first kappa shape index (κ1) is 20.6. The Hall–Kier alpha value is -3.67. The fraction of sp³-hybridized carbons (Fsp3) is 0.200. The van der Waals surface area contributed by atoms with E-state index in [2.05, 4.69) is 5.32 Å². The van der Waals surface area contributed by atoms with Crippen molar-refractivity contribution in [2.45, 2.75) is 26.0 Å². The minimum atomic E-state index is -0.815. The van der Waals surface area contributed by atoms with Crippen LogP contribution in [-0.2, 0) is 9.59 Å². The molecule has 0 aromatic heterocycles. The highest BCUT2D eigenvalue weighted by Crippen LogP contribution is 2.37. The molecule has 158 valence electrons. The minimum Gasteiger partial charge on any atom is -0.481 e. The number of para-hydroxylation sites is 1. The van der Waals surface area contributed by atoms with E-state index in [4.69, 9.17) is 4.74 Å². The van der Waals surface area contributed by atoms with Gasteiger partial charge in [-0.05, 0) is 49.7 Å². The Balaban J connectivity index is 1.76. The molecule has 4 rings (SSSR count). The van der Waals surface area contributed by atoms with Crippen LogP contribution in [0.25, 0.3) is 0 Å². The molecule has 1 heterocycles. The fourth-order valence-corrected chi connectivity index (χ4v) is 3.82. The number of benzene rings is 3. The van der Waals surface area contributed by atoms with Crippen LogP contribution in [0.1, 0.15) is 29.7 Å². The topological polar surface area (TPSA) is 58.6 Å². The van der Waals surface area contributed by atoms with Crippen LogP contribution in [0, 0.1) is 12.7 Å². The van der Waals surface area contributed by atoms with Crippen LogP contribution >= 0.6 is 0 Å². The Labute approximate surface area is 180 Å². The van der Waals surface area contributed by atoms with Gasteiger partial charge in [-0.1, -0.05) is 48.0 Å². The van der Waals surface area contributed by atoms with Crippen molar-refractivity contribution in [3.05, 3.63) is 95.3 Å². The van der Waals surface area contributed by atoms with E-state index in [1.807, 2.05) is 43.3 Å². The monoisotopic (exact) mass is 418 g/mol. The lowest BCUT2D eigenvalue weighted by Crippen LogP contribution is -2.45. The highest BCUT2D eigenvalue weighted by molar-refractivity contribution is 5.97. The van der Waals surface area contributed by atoms with Gasteiger partial charge in [0.15, 0.2) is 6.10 Å². The van der Waals surface area contributed by atoms with Crippen LogP contribution in [0.5, 0.6) is 5.75 Å². The van der Waals surface area contributed by atoms with Crippen LogP contribution < -0.4 is 10.1 Å². The molecule has 2 atom stereocenters. The molecule has 5 nitrogen and oxygen atoms in total. The van der Waals surface area contributed by atoms with Gasteiger partial charge in [0.05, 0.1) is 6.04 Å². The van der Waals surface area contributed by atoms with Crippen LogP contribution in [0.2, 0.25) is 0 Å². The maximum absolute atomic E-state index is 13.6. The predicted octanol–water partition coefficient (Wildman–Crippen LogP) is 4.47. The van der Waals surface area contributed by atoms with E-state index in [9.17, 15) is 14.0 Å². The van der Waals surface area contributed by atoms with Gasteiger partial charge < -0.3 is 15.0 Å². The molecule has 3 aromatic carbocycles. The molecule has 1 N–H and O–H groups in total. The molecule has 0 fully saturated rings. The molecule has 0 spiro atoms. The van der Waals surface area contributed by atoms with Crippen LogP contribution in [0.3, 0.4) is 0 Å². The summed E-state index contributed by atoms with van der Waals surface area (Å²) in [5.74, 6) is -0.426. The highest BCUT2D eigenvalue weighted by atomic mass is 19.1. The van der Waals surface area contributed by atoms with E-state index >= 15 is 0 Å². The van der Waals surface area contributed by atoms with E-state index in [0.29, 0.717) is 17.0 Å². The molecule has 0 saturated heterocycles. The maximum atomic E-state index is 13.6. The second-order valence-corrected chi connectivity index (χ2v) is 7.63. The number of rotatable bonds is 4. The largest absolute Gasteiger partial charge is 0.481 e. The molecule has 0 saturated carbocycles. The standard InChI is InChI=1S/C25H23FN2O3/c1-16-8-13-22-21(14-16)24(18-9-11-19(26)12-10-18)28(15-23(29)27-22)25(30)17(2)31-20-6-4-3-5-7-20/h3-14,17,24H,15H2,1-2H3,(H,27,29)/t17-,24+/m0/s1. The third-order valence-electron chi connectivity index (χ3n) is 5.27. The average molecular weight is 418 g/mol. The van der Waals surface area contributed by atoms with Gasteiger partial charge in [-0.15, -0.1) is 0 Å². The summed E-state index contributed by atoms with van der Waals surface area (Å²) in [6.07, 6.45) is -0.815. The van der Waals surface area contributed by atoms with Gasteiger partial charge in [-0.3, -0.25) is 9.59 Å². The van der Waals surface area contributed by atoms with Crippen molar-refractivity contribution in [1.82, 2.24) is 4.90 Å². The zero-order valence-corrected chi connectivity index (χ0v) is 17.3. The number of ether oxygens (including phenoxy) is 1. The quantitative estimate of drug-likeness (QED) is 0.680. The predicted molar refractivity (Wildman–Crippen MR) is 116 cm³/mol. The van der Waals surface area contributed by atoms with Gasteiger partial charge >= 0.3 is 0 Å². The number of aryl methyl sites for hydroxylation is 1. The van der Waals surface area contributed by atoms with Gasteiger partial charge in [-0.2, -0.15) is 0 Å². The minimum absolute atomic E-state index is 0.142. The molecule has 0 radical (unpaired) electrons. The van der Waals surface area contributed by atoms with E-state index in [0.717, 1.165) is 11.1 Å². The Morgan fingerprint density at radius 2 is 1.81 bits per heavy atom. The molecule has 0 unspecified atom stereocenters. The smallest absolute Gasteiger partial charge is 0.264 e. The molecule has 1 aliphatic rings. The number of nitrogens with zero attached hydrogens (tertiary/aromatic N) is 1. The molecule has 3 aromatic rings. The number of nitrogens with one attached hydrogen (secondary N) is 1. The number of halogens is 1. The van der Waals surface area contributed by atoms with Crippen molar-refractivity contribution < 1.29 is 18.7 Å². The first-order valence-electron chi connectivity index (χ1n) is 10.1. The number of hydrogen-bond donors (Lipinski definition) is 1. The summed E-state index contributed by atoms with van der Waals surface area (Å²) in [6, 6.07) is 20.2. The third-order valence-corrected chi connectivity index (χ3v) is 5.27. The normalized spacial score (nSPS) is 16.7. The average Bonchev–Trinajstić information content (AvgIpc) is 2.90. The van der Waals surface area contributed by atoms with E-state index < -0.39 is 12.1 Å². The molecule has 0 aliphatic carbocycles. The summed E-state index contributed by atoms with van der Waals surface area (Å²) in [5, 5.41) is 2.89. The first-order valence-corrected chi connectivity index (χ1v) is 10.1. The molecular weight excluding hydrogens is 395 g/mol. The lowest BCUT2D eigenvalue weighted by atomic mass is 9.94. The fourth-order valence-electron chi connectivity index (χ4n) is 3.82. The zero-order valence-electron chi connectivity index (χ0n) is 17.3. The molecule has 6 heteroatoms. The zero-order chi connectivity index (χ0) is 22.0. The van der Waals surface area contributed by atoms with Crippen molar-refractivity contribution in [2.24, 2.45) is 0 Å². The number of carbonyl (C=O) groups excluding carboxylic acids is 2. The summed E-state index contributed by atoms with van der Waals surface area (Å²) in [4.78, 5) is 27.6. The second-order valence-electron chi connectivity index (χ2n) is 7.63. The van der Waals surface area contributed by atoms with Gasteiger partial charge in [0.1, 0.15) is 18.1 Å². The summed E-state index contributed by atoms with van der Waals surface area (Å²) in [7, 11) is 0. The van der Waals surface area contributed by atoms with Crippen LogP contribution in [0.4, 0.5) is 10.1 Å². The van der Waals surface area contributed by atoms with E-state index in [1.54, 1.807) is 31.2 Å². The number of amides is 2. The number of fused-ring (bicyclic) bond motifs is 1. The lowest BCUT2D eigenvalue weighted by Gasteiger charge is -2.32. The first-order chi connectivity index (χ1) is 14.9. The molecule has 1 aliphatic heterocycles. The van der Waals surface area contributed by atoms with Gasteiger partial charge in [0.25, 0.3) is 5.91 Å². The summed E-state index contributed by atoms with van der Waals surface area (Å²) in [5.41, 5.74) is 3.11. The summed E-state index contributed by atoms with van der Waals surface area (Å²) >= 11 is 0. The second kappa shape index (κ2) is 8.60. The van der Waals surface area contributed by atoms with Crippen LogP contribution in [-0.4, -0.2) is 29.4 Å². The van der Waals surface area contributed by atoms with Gasteiger partial charge in [0, 0.05) is 11.3 Å². The summed E-state index contributed by atoms with van der Waals surface area (Å²) < 4.78 is 19.5. The Bertz CT molecular complexity index is 1100. The Morgan fingerprint density at radius 3 is 2.52 bits per heavy atom. The van der Waals surface area contributed by atoms with Gasteiger partial charge in [0.2, 0.25) is 5.91 Å². The number of anilines is 1. The number of hydrogen-bond acceptors (Lipinski definition) is 3. The van der Waals surface area contributed by atoms with Crippen molar-refractivity contribution >= 4 is 17.5 Å². The van der Waals surface area contributed by atoms with Crippen molar-refractivity contribution in [3.63, 3.8) is 0 Å². The third kappa shape index (κ3) is 4.43. The Morgan fingerprint density at radius 1 is 1.10 bits per heavy atom. The van der Waals surface area contributed by atoms with Gasteiger partial charge in [-0.25, -0.2) is 4.39 Å². The molecule has 0 bridgehead atoms. The van der Waals surface area contributed by atoms with Crippen molar-refractivity contribution in [1.29, 1.82) is 0 Å². The van der Waals surface area contributed by atoms with Crippen LogP contribution in [0.15, 0.2) is 72.8 Å². The number of carbonyl (C=O) groups is 2. The highest BCUT2D eigenvalue weighted by Gasteiger charge is 2.36. The van der Waals surface area contributed by atoms with E-state index in [1.165, 1.54) is 17.0 Å². The maximum Gasteiger partial charge on any atom is 0.264 e.